The van der Waals surface area contributed by atoms with E-state index in [1.54, 1.807) is 0 Å². The van der Waals surface area contributed by atoms with Crippen molar-refractivity contribution in [2.45, 2.75) is 32.7 Å². The summed E-state index contributed by atoms with van der Waals surface area (Å²) in [4.78, 5) is 17.1. The molecule has 5 nitrogen and oxygen atoms in total. The van der Waals surface area contributed by atoms with Crippen molar-refractivity contribution >= 4 is 5.91 Å². The van der Waals surface area contributed by atoms with Crippen LogP contribution in [0.2, 0.25) is 0 Å². The fraction of sp³-hybridized carbons (Fsp3) is 0.706. The van der Waals surface area contributed by atoms with Gasteiger partial charge in [0.2, 0.25) is 0 Å². The highest BCUT2D eigenvalue weighted by Gasteiger charge is 2.30. The molecule has 1 fully saturated rings. The van der Waals surface area contributed by atoms with E-state index < -0.39 is 0 Å². The first kappa shape index (κ1) is 17.0. The number of carbonyl (C=O) groups is 1. The highest BCUT2D eigenvalue weighted by atomic mass is 16.1. The molecule has 0 unspecified atom stereocenters. The zero-order valence-corrected chi connectivity index (χ0v) is 14.6. The first-order valence-corrected chi connectivity index (χ1v) is 8.21. The Morgan fingerprint density at radius 1 is 1.32 bits per heavy atom. The van der Waals surface area contributed by atoms with Crippen molar-refractivity contribution < 1.29 is 4.79 Å². The lowest BCUT2D eigenvalue weighted by atomic mass is 10.00. The van der Waals surface area contributed by atoms with Crippen LogP contribution in [0.25, 0.3) is 0 Å². The van der Waals surface area contributed by atoms with Gasteiger partial charge in [0.05, 0.1) is 5.56 Å². The second-order valence-electron chi connectivity index (χ2n) is 6.91. The van der Waals surface area contributed by atoms with Gasteiger partial charge in [0.25, 0.3) is 5.91 Å². The molecule has 1 aliphatic heterocycles. The lowest BCUT2D eigenvalue weighted by molar-refractivity contribution is 0.0405. The molecule has 2 heterocycles. The minimum atomic E-state index is 0.0471. The summed E-state index contributed by atoms with van der Waals surface area (Å²) in [5, 5.41) is 3.07. The Kier molecular flexibility index (Phi) is 5.29. The van der Waals surface area contributed by atoms with Crippen molar-refractivity contribution in [2.75, 3.05) is 39.8 Å². The Morgan fingerprint density at radius 2 is 2.05 bits per heavy atom. The first-order chi connectivity index (χ1) is 10.3. The molecule has 2 rings (SSSR count). The van der Waals surface area contributed by atoms with Gasteiger partial charge in [0, 0.05) is 57.2 Å². The summed E-state index contributed by atoms with van der Waals surface area (Å²) in [5.74, 6) is 0.0471. The van der Waals surface area contributed by atoms with Gasteiger partial charge in [0.1, 0.15) is 0 Å². The summed E-state index contributed by atoms with van der Waals surface area (Å²) < 4.78 is 2.03. The normalized spacial score (nSPS) is 19.3. The molecule has 0 spiro atoms. The largest absolute Gasteiger partial charge is 0.354 e. The fourth-order valence-electron chi connectivity index (χ4n) is 3.16. The molecule has 0 saturated carbocycles. The van der Waals surface area contributed by atoms with Crippen LogP contribution in [0.1, 0.15) is 36.8 Å². The highest BCUT2D eigenvalue weighted by Crippen LogP contribution is 2.18. The minimum absolute atomic E-state index is 0.0471. The van der Waals surface area contributed by atoms with Gasteiger partial charge in [-0.3, -0.25) is 14.6 Å². The van der Waals surface area contributed by atoms with Crippen LogP contribution in [0, 0.1) is 0 Å². The minimum Gasteiger partial charge on any atom is -0.354 e. The average Bonchev–Trinajstić information content (AvgIpc) is 2.83. The molecule has 0 aliphatic carbocycles. The molecule has 0 aromatic carbocycles. The van der Waals surface area contributed by atoms with Crippen molar-refractivity contribution in [3.05, 3.63) is 23.5 Å². The standard InChI is InChI=1S/C17H30N4O/c1-6-15-14(7-9-19(15)4)16(22)18-8-10-21-12-11-20(5)17(2,3)13-21/h7,9H,6,8,10-13H2,1-5H3,(H,18,22). The summed E-state index contributed by atoms with van der Waals surface area (Å²) in [6.45, 7) is 11.4. The quantitative estimate of drug-likeness (QED) is 0.892. The van der Waals surface area contributed by atoms with Gasteiger partial charge in [0.15, 0.2) is 0 Å². The third-order valence-corrected chi connectivity index (χ3v) is 4.89. The van der Waals surface area contributed by atoms with E-state index in [4.69, 9.17) is 0 Å². The Hall–Kier alpha value is -1.33. The molecule has 124 valence electrons. The summed E-state index contributed by atoms with van der Waals surface area (Å²) >= 11 is 0. The smallest absolute Gasteiger partial charge is 0.253 e. The lowest BCUT2D eigenvalue weighted by Gasteiger charge is -2.45. The predicted octanol–water partition coefficient (Wildman–Crippen LogP) is 1.34. The van der Waals surface area contributed by atoms with Gasteiger partial charge < -0.3 is 9.88 Å². The number of hydrogen-bond acceptors (Lipinski definition) is 3. The van der Waals surface area contributed by atoms with E-state index in [0.29, 0.717) is 6.54 Å². The Bertz CT molecular complexity index is 521. The molecule has 22 heavy (non-hydrogen) atoms. The molecule has 1 aromatic heterocycles. The monoisotopic (exact) mass is 306 g/mol. The first-order valence-electron chi connectivity index (χ1n) is 8.21. The number of aryl methyl sites for hydroxylation is 1. The summed E-state index contributed by atoms with van der Waals surface area (Å²) in [6, 6.07) is 1.91. The topological polar surface area (TPSA) is 40.5 Å². The maximum atomic E-state index is 12.3. The molecule has 5 heteroatoms. The molecular weight excluding hydrogens is 276 g/mol. The number of aromatic nitrogens is 1. The summed E-state index contributed by atoms with van der Waals surface area (Å²) in [5.41, 5.74) is 2.11. The van der Waals surface area contributed by atoms with Gasteiger partial charge in [-0.05, 0) is 33.4 Å². The van der Waals surface area contributed by atoms with E-state index in [0.717, 1.165) is 43.9 Å². The van der Waals surface area contributed by atoms with E-state index in [1.807, 2.05) is 23.9 Å². The van der Waals surface area contributed by atoms with Crippen LogP contribution in [0.5, 0.6) is 0 Å². The fourth-order valence-corrected chi connectivity index (χ4v) is 3.16. The maximum Gasteiger partial charge on any atom is 0.253 e. The lowest BCUT2D eigenvalue weighted by Crippen LogP contribution is -2.58. The van der Waals surface area contributed by atoms with Crippen molar-refractivity contribution in [1.29, 1.82) is 0 Å². The van der Waals surface area contributed by atoms with Gasteiger partial charge in [-0.25, -0.2) is 0 Å². The molecule has 0 bridgehead atoms. The van der Waals surface area contributed by atoms with E-state index in [-0.39, 0.29) is 11.4 Å². The van der Waals surface area contributed by atoms with Crippen LogP contribution in [0.15, 0.2) is 12.3 Å². The molecule has 1 N–H and O–H groups in total. The number of hydrogen-bond donors (Lipinski definition) is 1. The van der Waals surface area contributed by atoms with Crippen molar-refractivity contribution in [2.24, 2.45) is 7.05 Å². The maximum absolute atomic E-state index is 12.3. The summed E-state index contributed by atoms with van der Waals surface area (Å²) in [7, 11) is 4.17. The molecule has 0 radical (unpaired) electrons. The third-order valence-electron chi connectivity index (χ3n) is 4.89. The molecule has 1 saturated heterocycles. The zero-order chi connectivity index (χ0) is 16.3. The van der Waals surface area contributed by atoms with Crippen LogP contribution in [0.4, 0.5) is 0 Å². The van der Waals surface area contributed by atoms with Gasteiger partial charge >= 0.3 is 0 Å². The second kappa shape index (κ2) is 6.84. The van der Waals surface area contributed by atoms with E-state index in [9.17, 15) is 4.79 Å². The predicted molar refractivity (Wildman–Crippen MR) is 90.3 cm³/mol. The Balaban J connectivity index is 1.82. The molecular formula is C17H30N4O. The van der Waals surface area contributed by atoms with Crippen LogP contribution >= 0.6 is 0 Å². The highest BCUT2D eigenvalue weighted by molar-refractivity contribution is 5.95. The van der Waals surface area contributed by atoms with Gasteiger partial charge in [-0.2, -0.15) is 0 Å². The molecule has 1 amide bonds. The number of rotatable bonds is 5. The Morgan fingerprint density at radius 3 is 2.68 bits per heavy atom. The number of amides is 1. The van der Waals surface area contributed by atoms with E-state index in [1.165, 1.54) is 0 Å². The Labute approximate surface area is 134 Å². The number of carbonyl (C=O) groups excluding carboxylic acids is 1. The molecule has 1 aromatic rings. The zero-order valence-electron chi connectivity index (χ0n) is 14.6. The SMILES string of the molecule is CCc1c(C(=O)NCCN2CCN(C)C(C)(C)C2)ccn1C. The van der Waals surface area contributed by atoms with Crippen LogP contribution in [-0.2, 0) is 13.5 Å². The third kappa shape index (κ3) is 3.70. The number of nitrogens with one attached hydrogen (secondary N) is 1. The summed E-state index contributed by atoms with van der Waals surface area (Å²) in [6.07, 6.45) is 2.83. The number of piperazine rings is 1. The van der Waals surface area contributed by atoms with Crippen LogP contribution < -0.4 is 5.32 Å². The molecule has 1 aliphatic rings. The van der Waals surface area contributed by atoms with Crippen LogP contribution in [-0.4, -0.2) is 65.6 Å². The second-order valence-corrected chi connectivity index (χ2v) is 6.91. The number of nitrogens with zero attached hydrogens (tertiary/aromatic N) is 3. The van der Waals surface area contributed by atoms with Gasteiger partial charge in [-0.1, -0.05) is 6.92 Å². The average molecular weight is 306 g/mol. The van der Waals surface area contributed by atoms with Crippen molar-refractivity contribution in [3.63, 3.8) is 0 Å². The van der Waals surface area contributed by atoms with E-state index >= 15 is 0 Å². The number of likely N-dealkylation sites (N-methyl/N-ethyl adjacent to an activating group) is 1. The van der Waals surface area contributed by atoms with Crippen molar-refractivity contribution in [3.8, 4) is 0 Å². The molecule has 0 atom stereocenters. The van der Waals surface area contributed by atoms with Gasteiger partial charge in [-0.15, -0.1) is 0 Å². The van der Waals surface area contributed by atoms with Crippen molar-refractivity contribution in [1.82, 2.24) is 19.7 Å². The van der Waals surface area contributed by atoms with E-state index in [2.05, 4.69) is 42.9 Å². The van der Waals surface area contributed by atoms with Crippen LogP contribution in [0.3, 0.4) is 0 Å².